The molecule has 1 heterocycles. The molecule has 37 heavy (non-hydrogen) atoms. The van der Waals surface area contributed by atoms with Crippen LogP contribution in [-0.2, 0) is 16.8 Å². The van der Waals surface area contributed by atoms with Gasteiger partial charge in [-0.2, -0.15) is 0 Å². The van der Waals surface area contributed by atoms with Crippen LogP contribution in [-0.4, -0.2) is 16.1 Å². The highest BCUT2D eigenvalue weighted by molar-refractivity contribution is 6.13. The van der Waals surface area contributed by atoms with Crippen molar-refractivity contribution in [3.8, 4) is 11.5 Å². The second-order valence-electron chi connectivity index (χ2n) is 9.81. The number of benzene rings is 4. The molecule has 0 saturated heterocycles. The predicted molar refractivity (Wildman–Crippen MR) is 139 cm³/mol. The second kappa shape index (κ2) is 8.73. The van der Waals surface area contributed by atoms with Crippen LogP contribution < -0.4 is 4.90 Å². The molecule has 0 radical (unpaired) electrons. The van der Waals surface area contributed by atoms with E-state index in [1.165, 1.54) is 17.0 Å². The molecule has 0 spiro atoms. The number of halogens is 2. The quantitative estimate of drug-likeness (QED) is 0.337. The number of aromatic hydroxyl groups is 2. The smallest absolute Gasteiger partial charge is 0.247 e. The number of carbonyl (C=O) groups is 1. The summed E-state index contributed by atoms with van der Waals surface area (Å²) >= 11 is 0. The van der Waals surface area contributed by atoms with Gasteiger partial charge >= 0.3 is 0 Å². The van der Waals surface area contributed by atoms with Crippen LogP contribution in [0, 0.1) is 39.3 Å². The van der Waals surface area contributed by atoms with Crippen LogP contribution in [0.1, 0.15) is 44.5 Å². The molecule has 0 unspecified atom stereocenters. The number of aryl methyl sites for hydroxylation is 4. The molecule has 4 aromatic carbocycles. The first kappa shape index (κ1) is 24.5. The Labute approximate surface area is 214 Å². The molecule has 0 aromatic heterocycles. The number of hydrogen-bond donors (Lipinski definition) is 2. The van der Waals surface area contributed by atoms with Gasteiger partial charge in [-0.25, -0.2) is 8.78 Å². The summed E-state index contributed by atoms with van der Waals surface area (Å²) in [7, 11) is 0. The van der Waals surface area contributed by atoms with E-state index in [1.54, 1.807) is 52.0 Å². The molecule has 5 rings (SSSR count). The normalized spacial score (nSPS) is 14.2. The van der Waals surface area contributed by atoms with Crippen LogP contribution in [0.15, 0.2) is 66.7 Å². The standard InChI is InChI=1S/C31H27F2NO3/c1-17-11-22(12-18(2)28(17)35)31(23-13-19(3)29(36)20(4)14-23)25-7-5-6-8-27(25)34(30(31)37)16-21-9-10-24(32)15-26(21)33/h5-15,35-36H,16H2,1-4H3. The molecule has 188 valence electrons. The average molecular weight is 500 g/mol. The van der Waals surface area contributed by atoms with Crippen molar-refractivity contribution in [1.29, 1.82) is 0 Å². The Morgan fingerprint density at radius 2 is 1.27 bits per heavy atom. The first-order valence-corrected chi connectivity index (χ1v) is 12.0. The summed E-state index contributed by atoms with van der Waals surface area (Å²) < 4.78 is 28.3. The molecule has 0 fully saturated rings. The largest absolute Gasteiger partial charge is 0.507 e. The van der Waals surface area contributed by atoms with Crippen molar-refractivity contribution < 1.29 is 23.8 Å². The number of fused-ring (bicyclic) bond motifs is 1. The van der Waals surface area contributed by atoms with Crippen molar-refractivity contribution in [3.05, 3.63) is 123 Å². The van der Waals surface area contributed by atoms with Gasteiger partial charge in [-0.15, -0.1) is 0 Å². The van der Waals surface area contributed by atoms with Gasteiger partial charge in [0.1, 0.15) is 28.5 Å². The monoisotopic (exact) mass is 499 g/mol. The molecule has 0 atom stereocenters. The Balaban J connectivity index is 1.83. The lowest BCUT2D eigenvalue weighted by Gasteiger charge is -2.32. The maximum absolute atomic E-state index is 14.7. The summed E-state index contributed by atoms with van der Waals surface area (Å²) in [5.41, 5.74) is 3.98. The molecule has 0 bridgehead atoms. The first-order valence-electron chi connectivity index (χ1n) is 12.0. The molecule has 0 saturated carbocycles. The minimum absolute atomic E-state index is 0.0875. The Morgan fingerprint density at radius 1 is 0.757 bits per heavy atom. The average Bonchev–Trinajstić information content (AvgIpc) is 3.10. The van der Waals surface area contributed by atoms with Gasteiger partial charge in [-0.05, 0) is 73.2 Å². The molecule has 0 aliphatic carbocycles. The number of phenolic OH excluding ortho intramolecular Hbond substituents is 2. The Hall–Kier alpha value is -4.19. The zero-order chi connectivity index (χ0) is 26.6. The van der Waals surface area contributed by atoms with Gasteiger partial charge in [0, 0.05) is 22.9 Å². The molecule has 6 heteroatoms. The van der Waals surface area contributed by atoms with Crippen LogP contribution >= 0.6 is 0 Å². The highest BCUT2D eigenvalue weighted by atomic mass is 19.1. The SMILES string of the molecule is Cc1cc(C2(c3cc(C)c(O)c(C)c3)C(=O)N(Cc3ccc(F)cc3F)c3ccccc32)cc(C)c1O. The van der Waals surface area contributed by atoms with Gasteiger partial charge in [-0.1, -0.05) is 48.5 Å². The molecule has 1 aliphatic heterocycles. The van der Waals surface area contributed by atoms with E-state index in [2.05, 4.69) is 0 Å². The Morgan fingerprint density at radius 3 is 1.78 bits per heavy atom. The summed E-state index contributed by atoms with van der Waals surface area (Å²) in [5, 5.41) is 21.0. The van der Waals surface area contributed by atoms with E-state index in [4.69, 9.17) is 0 Å². The van der Waals surface area contributed by atoms with Crippen molar-refractivity contribution >= 4 is 11.6 Å². The number of anilines is 1. The fourth-order valence-electron chi connectivity index (χ4n) is 5.50. The van der Waals surface area contributed by atoms with Crippen LogP contribution in [0.2, 0.25) is 0 Å². The van der Waals surface area contributed by atoms with E-state index in [0.717, 1.165) is 6.07 Å². The minimum Gasteiger partial charge on any atom is -0.507 e. The summed E-state index contributed by atoms with van der Waals surface area (Å²) in [6.45, 7) is 7.04. The number of phenols is 2. The van der Waals surface area contributed by atoms with E-state index in [-0.39, 0.29) is 29.5 Å². The predicted octanol–water partition coefficient (Wildman–Crippen LogP) is 6.49. The number of amides is 1. The minimum atomic E-state index is -1.32. The second-order valence-corrected chi connectivity index (χ2v) is 9.81. The number of carbonyl (C=O) groups excluding carboxylic acids is 1. The van der Waals surface area contributed by atoms with Gasteiger partial charge < -0.3 is 15.1 Å². The van der Waals surface area contributed by atoms with E-state index in [9.17, 15) is 23.8 Å². The number of nitrogens with zero attached hydrogens (tertiary/aromatic N) is 1. The van der Waals surface area contributed by atoms with Gasteiger partial charge in [0.05, 0.1) is 6.54 Å². The van der Waals surface area contributed by atoms with Gasteiger partial charge in [0.25, 0.3) is 0 Å². The van der Waals surface area contributed by atoms with E-state index in [0.29, 0.717) is 44.6 Å². The van der Waals surface area contributed by atoms with Crippen LogP contribution in [0.3, 0.4) is 0 Å². The third-order valence-corrected chi connectivity index (χ3v) is 7.36. The zero-order valence-electron chi connectivity index (χ0n) is 21.1. The van der Waals surface area contributed by atoms with Gasteiger partial charge in [-0.3, -0.25) is 4.79 Å². The fourth-order valence-corrected chi connectivity index (χ4v) is 5.50. The molecule has 4 aromatic rings. The molecule has 1 amide bonds. The van der Waals surface area contributed by atoms with Crippen LogP contribution in [0.4, 0.5) is 14.5 Å². The molecular weight excluding hydrogens is 472 g/mol. The molecular formula is C31H27F2NO3. The molecule has 2 N–H and O–H groups in total. The van der Waals surface area contributed by atoms with Crippen molar-refractivity contribution in [2.24, 2.45) is 0 Å². The molecule has 1 aliphatic rings. The zero-order valence-corrected chi connectivity index (χ0v) is 21.1. The summed E-state index contributed by atoms with van der Waals surface area (Å²) in [6.07, 6.45) is 0. The first-order chi connectivity index (χ1) is 17.5. The van der Waals surface area contributed by atoms with Crippen LogP contribution in [0.5, 0.6) is 11.5 Å². The number of para-hydroxylation sites is 1. The highest BCUT2D eigenvalue weighted by Crippen LogP contribution is 2.52. The summed E-state index contributed by atoms with van der Waals surface area (Å²) in [5.74, 6) is -1.41. The third-order valence-electron chi connectivity index (χ3n) is 7.36. The van der Waals surface area contributed by atoms with Crippen molar-refractivity contribution in [3.63, 3.8) is 0 Å². The van der Waals surface area contributed by atoms with Crippen molar-refractivity contribution in [2.75, 3.05) is 4.90 Å². The van der Waals surface area contributed by atoms with E-state index >= 15 is 0 Å². The molecule has 4 nitrogen and oxygen atoms in total. The number of rotatable bonds is 4. The Bertz CT molecular complexity index is 1470. The fraction of sp³-hybridized carbons (Fsp3) is 0.194. The maximum atomic E-state index is 14.7. The van der Waals surface area contributed by atoms with Gasteiger partial charge in [0.2, 0.25) is 5.91 Å². The van der Waals surface area contributed by atoms with Gasteiger partial charge in [0.15, 0.2) is 0 Å². The lowest BCUT2D eigenvalue weighted by Crippen LogP contribution is -2.42. The topological polar surface area (TPSA) is 60.8 Å². The lowest BCUT2D eigenvalue weighted by molar-refractivity contribution is -0.120. The summed E-state index contributed by atoms with van der Waals surface area (Å²) in [4.78, 5) is 16.2. The lowest BCUT2D eigenvalue weighted by atomic mass is 9.69. The third kappa shape index (κ3) is 3.67. The van der Waals surface area contributed by atoms with E-state index < -0.39 is 17.0 Å². The highest BCUT2D eigenvalue weighted by Gasteiger charge is 2.53. The van der Waals surface area contributed by atoms with Crippen LogP contribution in [0.25, 0.3) is 0 Å². The van der Waals surface area contributed by atoms with E-state index in [1.807, 2.05) is 24.3 Å². The Kier molecular flexibility index (Phi) is 5.78. The van der Waals surface area contributed by atoms with Crippen molar-refractivity contribution in [2.45, 2.75) is 39.7 Å². The number of hydrogen-bond acceptors (Lipinski definition) is 3. The maximum Gasteiger partial charge on any atom is 0.247 e. The summed E-state index contributed by atoms with van der Waals surface area (Å²) in [6, 6.07) is 17.9. The van der Waals surface area contributed by atoms with Crippen molar-refractivity contribution in [1.82, 2.24) is 0 Å².